The summed E-state index contributed by atoms with van der Waals surface area (Å²) in [6.45, 7) is 5.52. The minimum absolute atomic E-state index is 0.302. The van der Waals surface area contributed by atoms with Crippen LogP contribution in [0.25, 0.3) is 0 Å². The van der Waals surface area contributed by atoms with Gasteiger partial charge in [-0.15, -0.1) is 0 Å². The molecule has 1 rings (SSSR count). The maximum atomic E-state index is 11.7. The summed E-state index contributed by atoms with van der Waals surface area (Å²) in [5.74, 6) is 0. The monoisotopic (exact) mass is 242 g/mol. The molecule has 4 nitrogen and oxygen atoms in total. The Bertz CT molecular complexity index is 465. The van der Waals surface area contributed by atoms with E-state index in [2.05, 4.69) is 0 Å². The van der Waals surface area contributed by atoms with Gasteiger partial charge in [-0.05, 0) is 32.0 Å². The van der Waals surface area contributed by atoms with Gasteiger partial charge in [0.1, 0.15) is 0 Å². The molecule has 0 spiro atoms. The summed E-state index contributed by atoms with van der Waals surface area (Å²) in [7, 11) is -3.24. The highest BCUT2D eigenvalue weighted by Crippen LogP contribution is 2.27. The number of sulfone groups is 1. The summed E-state index contributed by atoms with van der Waals surface area (Å²) in [6.07, 6.45) is 1.20. The number of nitrogens with zero attached hydrogens (tertiary/aromatic N) is 1. The van der Waals surface area contributed by atoms with Crippen LogP contribution in [0.2, 0.25) is 0 Å². The molecule has 16 heavy (non-hydrogen) atoms. The van der Waals surface area contributed by atoms with Gasteiger partial charge in [-0.3, -0.25) is 0 Å². The molecule has 1 aromatic rings. The smallest absolute Gasteiger partial charge is 0.177 e. The molecular weight excluding hydrogens is 224 g/mol. The predicted octanol–water partition coefficient (Wildman–Crippen LogP) is 1.52. The number of nitrogen functional groups attached to an aromatic ring is 1. The average Bonchev–Trinajstić information content (AvgIpc) is 2.20. The minimum Gasteiger partial charge on any atom is -0.399 e. The number of hydrogen-bond donors (Lipinski definition) is 1. The number of benzene rings is 1. The van der Waals surface area contributed by atoms with Gasteiger partial charge in [-0.25, -0.2) is 8.42 Å². The SMILES string of the molecule is CCN(CC)c1ccc(N)cc1S(C)(=O)=O. The molecule has 0 aliphatic rings. The van der Waals surface area contributed by atoms with Crippen LogP contribution in [0.1, 0.15) is 13.8 Å². The second kappa shape index (κ2) is 4.74. The fraction of sp³-hybridized carbons (Fsp3) is 0.455. The van der Waals surface area contributed by atoms with Gasteiger partial charge in [-0.1, -0.05) is 0 Å². The van der Waals surface area contributed by atoms with Crippen molar-refractivity contribution < 1.29 is 8.42 Å². The third-order valence-corrected chi connectivity index (χ3v) is 3.61. The van der Waals surface area contributed by atoms with Crippen LogP contribution in [0, 0.1) is 0 Å². The summed E-state index contributed by atoms with van der Waals surface area (Å²) in [6, 6.07) is 5.00. The lowest BCUT2D eigenvalue weighted by Gasteiger charge is -2.23. The van der Waals surface area contributed by atoms with Crippen LogP contribution in [0.4, 0.5) is 11.4 Å². The van der Waals surface area contributed by atoms with E-state index in [9.17, 15) is 8.42 Å². The van der Waals surface area contributed by atoms with Crippen LogP contribution in [0.3, 0.4) is 0 Å². The summed E-state index contributed by atoms with van der Waals surface area (Å²) >= 11 is 0. The third kappa shape index (κ3) is 2.66. The first-order valence-corrected chi connectivity index (χ1v) is 7.13. The normalized spacial score (nSPS) is 11.4. The number of anilines is 2. The van der Waals surface area contributed by atoms with Crippen molar-refractivity contribution in [2.75, 3.05) is 30.0 Å². The molecule has 0 radical (unpaired) electrons. The first-order chi connectivity index (χ1) is 7.40. The van der Waals surface area contributed by atoms with Crippen molar-refractivity contribution in [2.45, 2.75) is 18.7 Å². The lowest BCUT2D eigenvalue weighted by Crippen LogP contribution is -2.24. The van der Waals surface area contributed by atoms with Crippen molar-refractivity contribution in [1.82, 2.24) is 0 Å². The highest BCUT2D eigenvalue weighted by molar-refractivity contribution is 7.90. The largest absolute Gasteiger partial charge is 0.399 e. The molecule has 0 atom stereocenters. The van der Waals surface area contributed by atoms with Gasteiger partial charge in [-0.2, -0.15) is 0 Å². The summed E-state index contributed by atoms with van der Waals surface area (Å²) < 4.78 is 23.3. The van der Waals surface area contributed by atoms with E-state index in [0.717, 1.165) is 18.8 Å². The van der Waals surface area contributed by atoms with Gasteiger partial charge < -0.3 is 10.6 Å². The first-order valence-electron chi connectivity index (χ1n) is 5.24. The van der Waals surface area contributed by atoms with E-state index in [1.54, 1.807) is 12.1 Å². The van der Waals surface area contributed by atoms with Crippen molar-refractivity contribution in [3.05, 3.63) is 18.2 Å². The number of nitrogens with two attached hydrogens (primary N) is 1. The number of hydrogen-bond acceptors (Lipinski definition) is 4. The standard InChI is InChI=1S/C11H18N2O2S/c1-4-13(5-2)10-7-6-9(12)8-11(10)16(3,14)15/h6-8H,4-5,12H2,1-3H3. The number of rotatable bonds is 4. The Labute approximate surface area is 97.0 Å². The second-order valence-corrected chi connectivity index (χ2v) is 5.66. The molecule has 0 fully saturated rings. The molecule has 0 bridgehead atoms. The molecule has 0 aliphatic carbocycles. The maximum absolute atomic E-state index is 11.7. The van der Waals surface area contributed by atoms with E-state index in [4.69, 9.17) is 5.73 Å². The molecule has 2 N–H and O–H groups in total. The van der Waals surface area contributed by atoms with E-state index in [-0.39, 0.29) is 0 Å². The molecule has 0 unspecified atom stereocenters. The van der Waals surface area contributed by atoms with E-state index in [1.165, 1.54) is 12.3 Å². The Hall–Kier alpha value is -1.23. The topological polar surface area (TPSA) is 63.4 Å². The Morgan fingerprint density at radius 1 is 1.25 bits per heavy atom. The van der Waals surface area contributed by atoms with Crippen LogP contribution in [-0.2, 0) is 9.84 Å². The summed E-state index contributed by atoms with van der Waals surface area (Å²) in [5, 5.41) is 0. The molecule has 0 amide bonds. The van der Waals surface area contributed by atoms with Crippen molar-refractivity contribution in [1.29, 1.82) is 0 Å². The molecule has 0 saturated carbocycles. The van der Waals surface area contributed by atoms with Gasteiger partial charge in [0, 0.05) is 25.0 Å². The second-order valence-electron chi connectivity index (χ2n) is 3.67. The van der Waals surface area contributed by atoms with Gasteiger partial charge >= 0.3 is 0 Å². The van der Waals surface area contributed by atoms with Crippen molar-refractivity contribution in [2.24, 2.45) is 0 Å². The predicted molar refractivity (Wildman–Crippen MR) is 67.5 cm³/mol. The molecule has 1 aromatic carbocycles. The lowest BCUT2D eigenvalue weighted by molar-refractivity contribution is 0.601. The molecular formula is C11H18N2O2S. The van der Waals surface area contributed by atoms with E-state index >= 15 is 0 Å². The first kappa shape index (κ1) is 12.8. The van der Waals surface area contributed by atoms with Gasteiger partial charge in [0.25, 0.3) is 0 Å². The summed E-state index contributed by atoms with van der Waals surface area (Å²) in [4.78, 5) is 2.30. The lowest BCUT2D eigenvalue weighted by atomic mass is 10.2. The fourth-order valence-corrected chi connectivity index (χ4v) is 2.58. The molecule has 0 aliphatic heterocycles. The van der Waals surface area contributed by atoms with Crippen LogP contribution in [0.5, 0.6) is 0 Å². The molecule has 0 saturated heterocycles. The van der Waals surface area contributed by atoms with Gasteiger partial charge in [0.05, 0.1) is 10.6 Å². The Morgan fingerprint density at radius 3 is 2.25 bits per heavy atom. The zero-order chi connectivity index (χ0) is 12.3. The Kier molecular flexibility index (Phi) is 3.80. The van der Waals surface area contributed by atoms with Crippen LogP contribution >= 0.6 is 0 Å². The minimum atomic E-state index is -3.24. The zero-order valence-corrected chi connectivity index (χ0v) is 10.7. The quantitative estimate of drug-likeness (QED) is 0.813. The average molecular weight is 242 g/mol. The van der Waals surface area contributed by atoms with Crippen LogP contribution in [-0.4, -0.2) is 27.8 Å². The van der Waals surface area contributed by atoms with E-state index < -0.39 is 9.84 Å². The third-order valence-electron chi connectivity index (χ3n) is 2.49. The Balaban J connectivity index is 3.39. The molecule has 0 aromatic heterocycles. The fourth-order valence-electron chi connectivity index (χ4n) is 1.65. The van der Waals surface area contributed by atoms with Crippen LogP contribution in [0.15, 0.2) is 23.1 Å². The van der Waals surface area contributed by atoms with Crippen molar-refractivity contribution >= 4 is 21.2 Å². The van der Waals surface area contributed by atoms with Crippen molar-refractivity contribution in [3.8, 4) is 0 Å². The van der Waals surface area contributed by atoms with E-state index in [1.807, 2.05) is 18.7 Å². The highest BCUT2D eigenvalue weighted by atomic mass is 32.2. The molecule has 5 heteroatoms. The molecule has 90 valence electrons. The van der Waals surface area contributed by atoms with Gasteiger partial charge in [0.2, 0.25) is 0 Å². The van der Waals surface area contributed by atoms with Crippen LogP contribution < -0.4 is 10.6 Å². The summed E-state index contributed by atoms with van der Waals surface area (Å²) in [5.41, 5.74) is 6.82. The zero-order valence-electron chi connectivity index (χ0n) is 9.90. The molecule has 0 heterocycles. The van der Waals surface area contributed by atoms with E-state index in [0.29, 0.717) is 10.6 Å². The van der Waals surface area contributed by atoms with Crippen molar-refractivity contribution in [3.63, 3.8) is 0 Å². The highest BCUT2D eigenvalue weighted by Gasteiger charge is 2.16. The van der Waals surface area contributed by atoms with Gasteiger partial charge in [0.15, 0.2) is 9.84 Å². The Morgan fingerprint density at radius 2 is 1.81 bits per heavy atom. The maximum Gasteiger partial charge on any atom is 0.177 e.